The molecule has 1 amide bonds. The number of carbonyl (C=O) groups is 1. The molecule has 68 valence electrons. The van der Waals surface area contributed by atoms with Gasteiger partial charge in [-0.15, -0.1) is 0 Å². The van der Waals surface area contributed by atoms with Crippen LogP contribution in [0.3, 0.4) is 0 Å². The van der Waals surface area contributed by atoms with Crippen LogP contribution in [0.2, 0.25) is 0 Å². The lowest BCUT2D eigenvalue weighted by Crippen LogP contribution is -2.30. The van der Waals surface area contributed by atoms with Crippen molar-refractivity contribution in [3.63, 3.8) is 0 Å². The smallest absolute Gasteiger partial charge is 0.227 e. The molecule has 1 aromatic carbocycles. The summed E-state index contributed by atoms with van der Waals surface area (Å²) < 4.78 is 0. The van der Waals surface area contributed by atoms with E-state index in [-0.39, 0.29) is 5.91 Å². The molecule has 0 aliphatic carbocycles. The highest BCUT2D eigenvalue weighted by Crippen LogP contribution is 2.26. The lowest BCUT2D eigenvalue weighted by molar-refractivity contribution is -0.118. The first-order valence-corrected chi connectivity index (χ1v) is 4.54. The fourth-order valence-corrected chi connectivity index (χ4v) is 1.79. The summed E-state index contributed by atoms with van der Waals surface area (Å²) in [7, 11) is 1.84. The second-order valence-electron chi connectivity index (χ2n) is 3.58. The van der Waals surface area contributed by atoms with Crippen LogP contribution in [-0.4, -0.2) is 13.0 Å². The van der Waals surface area contributed by atoms with E-state index in [1.807, 2.05) is 19.2 Å². The van der Waals surface area contributed by atoms with Gasteiger partial charge >= 0.3 is 0 Å². The highest BCUT2D eigenvalue weighted by atomic mass is 16.2. The molecule has 0 fully saturated rings. The zero-order valence-corrected chi connectivity index (χ0v) is 8.00. The third kappa shape index (κ3) is 1.32. The topological polar surface area (TPSA) is 20.3 Å². The molecule has 0 saturated carbocycles. The fourth-order valence-electron chi connectivity index (χ4n) is 1.79. The zero-order chi connectivity index (χ0) is 9.42. The quantitative estimate of drug-likeness (QED) is 0.589. The van der Waals surface area contributed by atoms with Gasteiger partial charge in [-0.25, -0.2) is 0 Å². The fraction of sp³-hybridized carbons (Fsp3) is 0.364. The van der Waals surface area contributed by atoms with Crippen LogP contribution in [0.15, 0.2) is 18.2 Å². The summed E-state index contributed by atoms with van der Waals surface area (Å²) >= 11 is 0. The maximum Gasteiger partial charge on any atom is 0.227 e. The van der Waals surface area contributed by atoms with E-state index in [4.69, 9.17) is 0 Å². The Labute approximate surface area is 78.2 Å². The minimum absolute atomic E-state index is 0.219. The molecule has 0 unspecified atom stereocenters. The predicted molar refractivity (Wildman–Crippen MR) is 52.9 cm³/mol. The summed E-state index contributed by atoms with van der Waals surface area (Å²) in [5.41, 5.74) is 3.63. The highest BCUT2D eigenvalue weighted by molar-refractivity contribution is 5.95. The van der Waals surface area contributed by atoms with Crippen molar-refractivity contribution in [1.29, 1.82) is 0 Å². The molecular weight excluding hydrogens is 162 g/mol. The van der Waals surface area contributed by atoms with Crippen LogP contribution < -0.4 is 4.90 Å². The predicted octanol–water partition coefficient (Wildman–Crippen LogP) is 1.90. The maximum absolute atomic E-state index is 11.4. The molecule has 0 aromatic heterocycles. The Kier molecular flexibility index (Phi) is 1.83. The highest BCUT2D eigenvalue weighted by Gasteiger charge is 2.19. The van der Waals surface area contributed by atoms with Crippen LogP contribution in [0.5, 0.6) is 0 Å². The van der Waals surface area contributed by atoms with E-state index in [9.17, 15) is 4.79 Å². The van der Waals surface area contributed by atoms with Crippen LogP contribution in [0.4, 0.5) is 5.69 Å². The van der Waals surface area contributed by atoms with Gasteiger partial charge in [0.2, 0.25) is 5.91 Å². The van der Waals surface area contributed by atoms with Gasteiger partial charge in [0.1, 0.15) is 0 Å². The van der Waals surface area contributed by atoms with Gasteiger partial charge in [0.15, 0.2) is 0 Å². The summed E-state index contributed by atoms with van der Waals surface area (Å²) in [6, 6.07) is 6.24. The van der Waals surface area contributed by atoms with E-state index >= 15 is 0 Å². The number of hydrogen-bond acceptors (Lipinski definition) is 1. The van der Waals surface area contributed by atoms with Gasteiger partial charge < -0.3 is 4.90 Å². The Balaban J connectivity index is 2.49. The molecule has 2 rings (SSSR count). The number of hydrogen-bond donors (Lipinski definition) is 0. The molecule has 0 bridgehead atoms. The van der Waals surface area contributed by atoms with Crippen LogP contribution in [0.25, 0.3) is 0 Å². The summed E-state index contributed by atoms with van der Waals surface area (Å²) in [6.07, 6.45) is 1.53. The molecule has 1 aliphatic rings. The second kappa shape index (κ2) is 2.87. The Bertz CT molecular complexity index is 357. The molecule has 0 radical (unpaired) electrons. The van der Waals surface area contributed by atoms with Gasteiger partial charge in [-0.05, 0) is 25.0 Å². The number of aryl methyl sites for hydroxylation is 2. The number of carbonyl (C=O) groups excluding carboxylic acids is 1. The van der Waals surface area contributed by atoms with E-state index in [1.165, 1.54) is 11.1 Å². The second-order valence-corrected chi connectivity index (χ2v) is 3.58. The van der Waals surface area contributed by atoms with Crippen LogP contribution in [0, 0.1) is 6.92 Å². The van der Waals surface area contributed by atoms with E-state index in [1.54, 1.807) is 4.90 Å². The number of rotatable bonds is 0. The summed E-state index contributed by atoms with van der Waals surface area (Å²) in [6.45, 7) is 2.08. The minimum atomic E-state index is 0.219. The van der Waals surface area contributed by atoms with E-state index < -0.39 is 0 Å². The Hall–Kier alpha value is -1.31. The first kappa shape index (κ1) is 8.30. The van der Waals surface area contributed by atoms with E-state index in [0.717, 1.165) is 12.1 Å². The maximum atomic E-state index is 11.4. The van der Waals surface area contributed by atoms with Crippen molar-refractivity contribution in [2.45, 2.75) is 19.8 Å². The summed E-state index contributed by atoms with van der Waals surface area (Å²) in [5.74, 6) is 0.219. The monoisotopic (exact) mass is 175 g/mol. The SMILES string of the molecule is Cc1ccc2c(c1)CCC(=O)N2C. The van der Waals surface area contributed by atoms with E-state index in [2.05, 4.69) is 13.0 Å². The number of fused-ring (bicyclic) bond motifs is 1. The molecule has 13 heavy (non-hydrogen) atoms. The molecule has 1 aromatic rings. The van der Waals surface area contributed by atoms with Crippen LogP contribution in [-0.2, 0) is 11.2 Å². The molecule has 1 aliphatic heterocycles. The van der Waals surface area contributed by atoms with Crippen molar-refractivity contribution in [2.24, 2.45) is 0 Å². The molecule has 0 saturated heterocycles. The average molecular weight is 175 g/mol. The zero-order valence-electron chi connectivity index (χ0n) is 8.00. The first-order valence-electron chi connectivity index (χ1n) is 4.54. The normalized spacial score (nSPS) is 15.8. The minimum Gasteiger partial charge on any atom is -0.315 e. The summed E-state index contributed by atoms with van der Waals surface area (Å²) in [5, 5.41) is 0. The standard InChI is InChI=1S/C11H13NO/c1-8-3-5-10-9(7-8)4-6-11(13)12(10)2/h3,5,7H,4,6H2,1-2H3. The van der Waals surface area contributed by atoms with Crippen LogP contribution >= 0.6 is 0 Å². The molecule has 0 N–H and O–H groups in total. The lowest BCUT2D eigenvalue weighted by Gasteiger charge is -2.25. The first-order chi connectivity index (χ1) is 6.18. The Morgan fingerprint density at radius 3 is 2.85 bits per heavy atom. The molecule has 0 atom stereocenters. The van der Waals surface area contributed by atoms with Gasteiger partial charge in [-0.2, -0.15) is 0 Å². The van der Waals surface area contributed by atoms with E-state index in [0.29, 0.717) is 6.42 Å². The van der Waals surface area contributed by atoms with Gasteiger partial charge in [-0.3, -0.25) is 4.79 Å². The molecule has 2 heteroatoms. The largest absolute Gasteiger partial charge is 0.315 e. The van der Waals surface area contributed by atoms with Crippen LogP contribution in [0.1, 0.15) is 17.5 Å². The summed E-state index contributed by atoms with van der Waals surface area (Å²) in [4.78, 5) is 13.1. The molecule has 2 nitrogen and oxygen atoms in total. The van der Waals surface area contributed by atoms with Crippen molar-refractivity contribution < 1.29 is 4.79 Å². The number of benzene rings is 1. The van der Waals surface area contributed by atoms with Crippen molar-refractivity contribution in [3.05, 3.63) is 29.3 Å². The van der Waals surface area contributed by atoms with Gasteiger partial charge in [0.05, 0.1) is 0 Å². The number of amides is 1. The molecule has 1 heterocycles. The number of anilines is 1. The Morgan fingerprint density at radius 2 is 2.08 bits per heavy atom. The van der Waals surface area contributed by atoms with Crippen molar-refractivity contribution in [1.82, 2.24) is 0 Å². The van der Waals surface area contributed by atoms with Crippen molar-refractivity contribution in [2.75, 3.05) is 11.9 Å². The van der Waals surface area contributed by atoms with Crippen molar-refractivity contribution >= 4 is 11.6 Å². The third-order valence-electron chi connectivity index (χ3n) is 2.58. The molecular formula is C11H13NO. The van der Waals surface area contributed by atoms with Gasteiger partial charge in [-0.1, -0.05) is 17.7 Å². The molecule has 0 spiro atoms. The van der Waals surface area contributed by atoms with Gasteiger partial charge in [0.25, 0.3) is 0 Å². The Morgan fingerprint density at radius 1 is 1.31 bits per heavy atom. The lowest BCUT2D eigenvalue weighted by atomic mass is 10.00. The third-order valence-corrected chi connectivity index (χ3v) is 2.58. The number of nitrogens with zero attached hydrogens (tertiary/aromatic N) is 1. The average Bonchev–Trinajstić information content (AvgIpc) is 2.12. The van der Waals surface area contributed by atoms with Crippen molar-refractivity contribution in [3.8, 4) is 0 Å². The van der Waals surface area contributed by atoms with Gasteiger partial charge in [0, 0.05) is 19.2 Å².